The van der Waals surface area contributed by atoms with Crippen molar-refractivity contribution in [2.24, 2.45) is 14.1 Å². The Morgan fingerprint density at radius 1 is 0.972 bits per heavy atom. The summed E-state index contributed by atoms with van der Waals surface area (Å²) in [6.07, 6.45) is 6.52. The smallest absolute Gasteiger partial charge is 0.276 e. The standard InChI is InChI=1S/C22H22N12O2/c1-31-13-15(11-24-31)10-23-22(36)19-18(12-25-32(19)2)26-21(35)17-8-9-33(28-17)14-34-29-20(27-30-34)16-6-4-3-5-7-16/h3-9,11-13H,10,14H2,1-2H3,(H,23,36)(H,26,35). The van der Waals surface area contributed by atoms with Crippen LogP contribution in [0, 0.1) is 0 Å². The molecule has 0 fully saturated rings. The highest BCUT2D eigenvalue weighted by Crippen LogP contribution is 2.16. The van der Waals surface area contributed by atoms with Crippen molar-refractivity contribution in [2.75, 3.05) is 5.32 Å². The van der Waals surface area contributed by atoms with E-state index in [1.54, 1.807) is 43.4 Å². The summed E-state index contributed by atoms with van der Waals surface area (Å²) in [6, 6.07) is 11.0. The molecule has 0 radical (unpaired) electrons. The molecule has 0 aliphatic rings. The van der Waals surface area contributed by atoms with Crippen LogP contribution in [0.3, 0.4) is 0 Å². The predicted molar refractivity (Wildman–Crippen MR) is 126 cm³/mol. The number of carbonyl (C=O) groups is 2. The van der Waals surface area contributed by atoms with E-state index in [-0.39, 0.29) is 36.2 Å². The minimum atomic E-state index is -0.486. The zero-order valence-electron chi connectivity index (χ0n) is 19.5. The molecule has 4 heterocycles. The molecule has 2 N–H and O–H groups in total. The molecule has 0 unspecified atom stereocenters. The normalized spacial score (nSPS) is 10.9. The molecule has 2 amide bonds. The second-order valence-electron chi connectivity index (χ2n) is 7.92. The number of nitrogens with one attached hydrogen (secondary N) is 2. The molecule has 0 saturated heterocycles. The molecule has 36 heavy (non-hydrogen) atoms. The number of nitrogens with zero attached hydrogens (tertiary/aromatic N) is 10. The van der Waals surface area contributed by atoms with Gasteiger partial charge in [0, 0.05) is 44.2 Å². The SMILES string of the molecule is Cn1cc(CNC(=O)c2c(NC(=O)c3ccn(Cn4nnc(-c5ccccc5)n4)n3)cnn2C)cn1. The number of carbonyl (C=O) groups excluding carboxylic acids is 2. The first kappa shape index (κ1) is 22.6. The fraction of sp³-hybridized carbons (Fsp3) is 0.182. The first-order chi connectivity index (χ1) is 17.5. The monoisotopic (exact) mass is 486 g/mol. The lowest BCUT2D eigenvalue weighted by molar-refractivity contribution is 0.0942. The molecule has 0 aliphatic carbocycles. The molecule has 0 spiro atoms. The van der Waals surface area contributed by atoms with Crippen molar-refractivity contribution in [2.45, 2.75) is 13.2 Å². The van der Waals surface area contributed by atoms with E-state index in [9.17, 15) is 9.59 Å². The average molecular weight is 487 g/mol. The molecule has 5 rings (SSSR count). The van der Waals surface area contributed by atoms with Gasteiger partial charge in [0.1, 0.15) is 5.69 Å². The molecule has 182 valence electrons. The highest BCUT2D eigenvalue weighted by atomic mass is 16.2. The summed E-state index contributed by atoms with van der Waals surface area (Å²) in [5, 5.41) is 30.4. The van der Waals surface area contributed by atoms with Gasteiger partial charge in [-0.15, -0.1) is 15.0 Å². The van der Waals surface area contributed by atoms with Crippen LogP contribution in [0.5, 0.6) is 0 Å². The number of aryl methyl sites for hydroxylation is 2. The molecule has 1 aromatic carbocycles. The molecule has 14 nitrogen and oxygen atoms in total. The molecule has 5 aromatic rings. The van der Waals surface area contributed by atoms with Crippen LogP contribution in [0.2, 0.25) is 0 Å². The minimum Gasteiger partial charge on any atom is -0.346 e. The number of hydrogen-bond acceptors (Lipinski definition) is 8. The van der Waals surface area contributed by atoms with E-state index in [0.717, 1.165) is 11.1 Å². The van der Waals surface area contributed by atoms with Crippen LogP contribution >= 0.6 is 0 Å². The molecule has 0 saturated carbocycles. The van der Waals surface area contributed by atoms with Crippen LogP contribution in [0.25, 0.3) is 11.4 Å². The van der Waals surface area contributed by atoms with Crippen molar-refractivity contribution in [3.8, 4) is 11.4 Å². The third kappa shape index (κ3) is 4.86. The van der Waals surface area contributed by atoms with Crippen molar-refractivity contribution in [1.29, 1.82) is 0 Å². The Morgan fingerprint density at radius 2 is 1.81 bits per heavy atom. The largest absolute Gasteiger partial charge is 0.346 e. The van der Waals surface area contributed by atoms with Crippen LogP contribution in [-0.4, -0.2) is 61.4 Å². The van der Waals surface area contributed by atoms with Gasteiger partial charge in [-0.2, -0.15) is 15.3 Å². The van der Waals surface area contributed by atoms with E-state index in [1.165, 1.54) is 20.4 Å². The number of amides is 2. The fourth-order valence-corrected chi connectivity index (χ4v) is 3.51. The van der Waals surface area contributed by atoms with Crippen molar-refractivity contribution >= 4 is 17.5 Å². The Morgan fingerprint density at radius 3 is 2.58 bits per heavy atom. The van der Waals surface area contributed by atoms with Crippen LogP contribution in [-0.2, 0) is 27.3 Å². The minimum absolute atomic E-state index is 0.156. The van der Waals surface area contributed by atoms with E-state index >= 15 is 0 Å². The van der Waals surface area contributed by atoms with Gasteiger partial charge in [-0.3, -0.25) is 19.0 Å². The zero-order chi connectivity index (χ0) is 25.1. The summed E-state index contributed by atoms with van der Waals surface area (Å²) in [4.78, 5) is 27.0. The fourth-order valence-electron chi connectivity index (χ4n) is 3.51. The lowest BCUT2D eigenvalue weighted by Crippen LogP contribution is -2.26. The Labute approximate surface area is 204 Å². The quantitative estimate of drug-likeness (QED) is 0.325. The summed E-state index contributed by atoms with van der Waals surface area (Å²) in [5.41, 5.74) is 2.34. The van der Waals surface area contributed by atoms with Crippen molar-refractivity contribution in [3.63, 3.8) is 0 Å². The van der Waals surface area contributed by atoms with E-state index in [1.807, 2.05) is 30.3 Å². The van der Waals surface area contributed by atoms with Gasteiger partial charge in [-0.25, -0.2) is 4.68 Å². The molecule has 14 heteroatoms. The Bertz CT molecular complexity index is 1510. The first-order valence-electron chi connectivity index (χ1n) is 10.9. The number of tetrazole rings is 1. The summed E-state index contributed by atoms with van der Waals surface area (Å²) < 4.78 is 4.56. The highest BCUT2D eigenvalue weighted by Gasteiger charge is 2.20. The van der Waals surface area contributed by atoms with E-state index in [0.29, 0.717) is 5.82 Å². The van der Waals surface area contributed by atoms with Gasteiger partial charge in [0.15, 0.2) is 12.4 Å². The maximum absolute atomic E-state index is 12.8. The molecule has 0 atom stereocenters. The molecule has 0 bridgehead atoms. The van der Waals surface area contributed by atoms with Crippen LogP contribution < -0.4 is 10.6 Å². The molecule has 4 aromatic heterocycles. The number of aromatic nitrogens is 10. The van der Waals surface area contributed by atoms with Crippen LogP contribution in [0.15, 0.2) is 61.2 Å². The van der Waals surface area contributed by atoms with E-state index in [4.69, 9.17) is 0 Å². The van der Waals surface area contributed by atoms with Gasteiger partial charge in [-0.05, 0) is 11.3 Å². The summed E-state index contributed by atoms with van der Waals surface area (Å²) in [5.74, 6) is -0.377. The van der Waals surface area contributed by atoms with Gasteiger partial charge >= 0.3 is 0 Å². The van der Waals surface area contributed by atoms with E-state index < -0.39 is 5.91 Å². The van der Waals surface area contributed by atoms with Gasteiger partial charge in [-0.1, -0.05) is 30.3 Å². The summed E-state index contributed by atoms with van der Waals surface area (Å²) >= 11 is 0. The zero-order valence-corrected chi connectivity index (χ0v) is 19.5. The Hall–Kier alpha value is -5.14. The Kier molecular flexibility index (Phi) is 6.05. The number of anilines is 1. The van der Waals surface area contributed by atoms with Crippen molar-refractivity contribution < 1.29 is 9.59 Å². The second kappa shape index (κ2) is 9.61. The first-order valence-corrected chi connectivity index (χ1v) is 10.9. The van der Waals surface area contributed by atoms with Crippen molar-refractivity contribution in [1.82, 2.24) is 54.9 Å². The second-order valence-corrected chi connectivity index (χ2v) is 7.92. The Balaban J connectivity index is 1.23. The van der Waals surface area contributed by atoms with Crippen LogP contribution in [0.4, 0.5) is 5.69 Å². The van der Waals surface area contributed by atoms with Crippen molar-refractivity contribution in [3.05, 3.63) is 78.1 Å². The van der Waals surface area contributed by atoms with Gasteiger partial charge in [0.2, 0.25) is 5.82 Å². The maximum Gasteiger partial charge on any atom is 0.276 e. The van der Waals surface area contributed by atoms with Crippen LogP contribution in [0.1, 0.15) is 26.5 Å². The number of rotatable bonds is 8. The molecular formula is C22H22N12O2. The third-order valence-electron chi connectivity index (χ3n) is 5.24. The van der Waals surface area contributed by atoms with Gasteiger partial charge < -0.3 is 10.6 Å². The number of hydrogen-bond donors (Lipinski definition) is 2. The highest BCUT2D eigenvalue weighted by molar-refractivity contribution is 6.07. The van der Waals surface area contributed by atoms with Gasteiger partial charge in [0.25, 0.3) is 11.8 Å². The summed E-state index contributed by atoms with van der Waals surface area (Å²) in [7, 11) is 3.42. The average Bonchev–Trinajstić information content (AvgIpc) is 3.67. The number of benzene rings is 1. The van der Waals surface area contributed by atoms with Gasteiger partial charge in [0.05, 0.1) is 18.1 Å². The topological polar surface area (TPSA) is 155 Å². The molecule has 0 aliphatic heterocycles. The molecular weight excluding hydrogens is 464 g/mol. The summed E-state index contributed by atoms with van der Waals surface area (Å²) in [6.45, 7) is 0.458. The lowest BCUT2D eigenvalue weighted by Gasteiger charge is -2.08. The van der Waals surface area contributed by atoms with E-state index in [2.05, 4.69) is 41.3 Å². The lowest BCUT2D eigenvalue weighted by atomic mass is 10.2. The maximum atomic E-state index is 12.8. The predicted octanol–water partition coefficient (Wildman–Crippen LogP) is 0.692. The third-order valence-corrected chi connectivity index (χ3v) is 5.24.